The Balaban J connectivity index is 1.80. The molecule has 0 spiro atoms. The lowest BCUT2D eigenvalue weighted by atomic mass is 10.0. The van der Waals surface area contributed by atoms with Gasteiger partial charge in [0.15, 0.2) is 5.82 Å². The van der Waals surface area contributed by atoms with Gasteiger partial charge in [-0.2, -0.15) is 10.1 Å². The van der Waals surface area contributed by atoms with Gasteiger partial charge in [0.1, 0.15) is 0 Å². The van der Waals surface area contributed by atoms with E-state index in [-0.39, 0.29) is 0 Å². The Kier molecular flexibility index (Phi) is 4.73. The average Bonchev–Trinajstić information content (AvgIpc) is 2.55. The number of nitrogens with one attached hydrogen (secondary N) is 1. The summed E-state index contributed by atoms with van der Waals surface area (Å²) < 4.78 is 0. The number of nitrogens with zero attached hydrogens (tertiary/aromatic N) is 4. The van der Waals surface area contributed by atoms with Crippen molar-refractivity contribution in [3.05, 3.63) is 35.5 Å². The smallest absolute Gasteiger partial charge is 0.249 e. The van der Waals surface area contributed by atoms with E-state index in [1.165, 1.54) is 19.3 Å². The Labute approximate surface area is 135 Å². The summed E-state index contributed by atoms with van der Waals surface area (Å²) in [5.41, 5.74) is 0.858. The summed E-state index contributed by atoms with van der Waals surface area (Å²) in [5, 5.41) is 12.0. The first-order valence-corrected chi connectivity index (χ1v) is 8.13. The van der Waals surface area contributed by atoms with E-state index in [1.54, 1.807) is 6.20 Å². The molecule has 2 heterocycles. The molecule has 1 fully saturated rings. The third-order valence-corrected chi connectivity index (χ3v) is 4.25. The van der Waals surface area contributed by atoms with E-state index in [4.69, 9.17) is 11.6 Å². The normalized spacial score (nSPS) is 18.3. The molecule has 2 aromatic rings. The number of hydrogen-bond donors (Lipinski definition) is 1. The minimum atomic E-state index is 0.500. The first-order valence-electron chi connectivity index (χ1n) is 7.75. The molecule has 1 aliphatic heterocycles. The van der Waals surface area contributed by atoms with E-state index in [9.17, 15) is 0 Å². The molecule has 1 aliphatic rings. The van der Waals surface area contributed by atoms with E-state index >= 15 is 0 Å². The fourth-order valence-electron chi connectivity index (χ4n) is 2.91. The van der Waals surface area contributed by atoms with Crippen LogP contribution < -0.4 is 10.2 Å². The Morgan fingerprint density at radius 1 is 1.36 bits per heavy atom. The van der Waals surface area contributed by atoms with Crippen molar-refractivity contribution in [1.29, 1.82) is 0 Å². The second kappa shape index (κ2) is 6.92. The molecule has 1 aromatic carbocycles. The molecule has 1 aromatic heterocycles. The van der Waals surface area contributed by atoms with Crippen LogP contribution in [0.25, 0.3) is 0 Å². The Morgan fingerprint density at radius 2 is 2.27 bits per heavy atom. The highest BCUT2D eigenvalue weighted by molar-refractivity contribution is 6.30. The first-order chi connectivity index (χ1) is 10.8. The van der Waals surface area contributed by atoms with E-state index < -0.39 is 0 Å². The summed E-state index contributed by atoms with van der Waals surface area (Å²) in [7, 11) is 0. The van der Waals surface area contributed by atoms with Crippen LogP contribution in [-0.4, -0.2) is 27.8 Å². The van der Waals surface area contributed by atoms with Crippen molar-refractivity contribution in [3.8, 4) is 0 Å². The standard InChI is InChI=1S/C16H20ClN5/c1-2-14-8-3-4-9-22(14)15-11-18-21-16(20-15)19-13-7-5-6-12(17)10-13/h5-7,10-11,14H,2-4,8-9H2,1H3,(H,19,20,21). The molecular formula is C16H20ClN5. The highest BCUT2D eigenvalue weighted by atomic mass is 35.5. The lowest BCUT2D eigenvalue weighted by molar-refractivity contribution is 0.446. The van der Waals surface area contributed by atoms with Crippen LogP contribution >= 0.6 is 11.6 Å². The summed E-state index contributed by atoms with van der Waals surface area (Å²) in [6.07, 6.45) is 6.59. The van der Waals surface area contributed by atoms with Gasteiger partial charge in [-0.3, -0.25) is 0 Å². The second-order valence-corrected chi connectivity index (χ2v) is 5.96. The van der Waals surface area contributed by atoms with Gasteiger partial charge in [0, 0.05) is 23.3 Å². The maximum absolute atomic E-state index is 6.00. The molecule has 116 valence electrons. The molecule has 0 aliphatic carbocycles. The number of piperidine rings is 1. The zero-order valence-corrected chi connectivity index (χ0v) is 13.4. The molecule has 0 bridgehead atoms. The van der Waals surface area contributed by atoms with Crippen molar-refractivity contribution >= 4 is 29.1 Å². The third kappa shape index (κ3) is 3.47. The number of hydrogen-bond acceptors (Lipinski definition) is 5. The van der Waals surface area contributed by atoms with Crippen molar-refractivity contribution in [2.24, 2.45) is 0 Å². The highest BCUT2D eigenvalue weighted by Gasteiger charge is 2.22. The van der Waals surface area contributed by atoms with Crippen LogP contribution in [0.15, 0.2) is 30.5 Å². The fraction of sp³-hybridized carbons (Fsp3) is 0.438. The predicted molar refractivity (Wildman–Crippen MR) is 89.8 cm³/mol. The van der Waals surface area contributed by atoms with Gasteiger partial charge in [-0.05, 0) is 43.9 Å². The van der Waals surface area contributed by atoms with Crippen molar-refractivity contribution in [3.63, 3.8) is 0 Å². The third-order valence-electron chi connectivity index (χ3n) is 4.02. The summed E-state index contributed by atoms with van der Waals surface area (Å²) in [6.45, 7) is 3.26. The average molecular weight is 318 g/mol. The summed E-state index contributed by atoms with van der Waals surface area (Å²) in [6, 6.07) is 8.04. The van der Waals surface area contributed by atoms with Crippen molar-refractivity contribution in [2.45, 2.75) is 38.6 Å². The topological polar surface area (TPSA) is 53.9 Å². The SMILES string of the molecule is CCC1CCCCN1c1cnnc(Nc2cccc(Cl)c2)n1. The van der Waals surface area contributed by atoms with Crippen LogP contribution in [-0.2, 0) is 0 Å². The number of anilines is 3. The number of halogens is 1. The van der Waals surface area contributed by atoms with E-state index in [0.717, 1.165) is 24.5 Å². The number of rotatable bonds is 4. The van der Waals surface area contributed by atoms with Crippen LogP contribution in [0.3, 0.4) is 0 Å². The molecule has 22 heavy (non-hydrogen) atoms. The van der Waals surface area contributed by atoms with Gasteiger partial charge >= 0.3 is 0 Å². The van der Waals surface area contributed by atoms with Crippen LogP contribution in [0.5, 0.6) is 0 Å². The minimum Gasteiger partial charge on any atom is -0.352 e. The fourth-order valence-corrected chi connectivity index (χ4v) is 3.10. The minimum absolute atomic E-state index is 0.500. The van der Waals surface area contributed by atoms with E-state index in [1.807, 2.05) is 24.3 Å². The molecule has 0 amide bonds. The first kappa shape index (κ1) is 15.0. The predicted octanol–water partition coefficient (Wildman–Crippen LogP) is 4.04. The molecule has 0 radical (unpaired) electrons. The van der Waals surface area contributed by atoms with Gasteiger partial charge in [0.2, 0.25) is 5.95 Å². The number of benzene rings is 1. The van der Waals surface area contributed by atoms with Gasteiger partial charge in [0.05, 0.1) is 6.20 Å². The lowest BCUT2D eigenvalue weighted by Gasteiger charge is -2.35. The quantitative estimate of drug-likeness (QED) is 0.922. The molecule has 1 saturated heterocycles. The maximum atomic E-state index is 6.00. The van der Waals surface area contributed by atoms with Gasteiger partial charge in [-0.1, -0.05) is 24.6 Å². The zero-order chi connectivity index (χ0) is 15.4. The summed E-state index contributed by atoms with van der Waals surface area (Å²) in [4.78, 5) is 6.97. The molecule has 1 atom stereocenters. The van der Waals surface area contributed by atoms with Gasteiger partial charge in [-0.25, -0.2) is 0 Å². The Morgan fingerprint density at radius 3 is 3.09 bits per heavy atom. The molecule has 0 saturated carbocycles. The Hall–Kier alpha value is -1.88. The highest BCUT2D eigenvalue weighted by Crippen LogP contribution is 2.25. The van der Waals surface area contributed by atoms with Crippen LogP contribution in [0.1, 0.15) is 32.6 Å². The monoisotopic (exact) mass is 317 g/mol. The number of aromatic nitrogens is 3. The zero-order valence-electron chi connectivity index (χ0n) is 12.7. The maximum Gasteiger partial charge on any atom is 0.249 e. The molecule has 6 heteroatoms. The summed E-state index contributed by atoms with van der Waals surface area (Å²) >= 11 is 6.00. The molecule has 5 nitrogen and oxygen atoms in total. The van der Waals surface area contributed by atoms with Crippen molar-refractivity contribution in [1.82, 2.24) is 15.2 Å². The molecule has 3 rings (SSSR count). The summed E-state index contributed by atoms with van der Waals surface area (Å²) in [5.74, 6) is 1.39. The van der Waals surface area contributed by atoms with Crippen molar-refractivity contribution in [2.75, 3.05) is 16.8 Å². The van der Waals surface area contributed by atoms with E-state index in [2.05, 4.69) is 32.3 Å². The van der Waals surface area contributed by atoms with Crippen LogP contribution in [0.2, 0.25) is 5.02 Å². The van der Waals surface area contributed by atoms with Gasteiger partial charge in [-0.15, -0.1) is 5.10 Å². The largest absolute Gasteiger partial charge is 0.352 e. The van der Waals surface area contributed by atoms with Crippen molar-refractivity contribution < 1.29 is 0 Å². The van der Waals surface area contributed by atoms with E-state index in [0.29, 0.717) is 17.0 Å². The molecule has 1 unspecified atom stereocenters. The lowest BCUT2D eigenvalue weighted by Crippen LogP contribution is -2.39. The molecule has 1 N–H and O–H groups in total. The van der Waals surface area contributed by atoms with Crippen LogP contribution in [0.4, 0.5) is 17.5 Å². The second-order valence-electron chi connectivity index (χ2n) is 5.52. The Bertz CT molecular complexity index is 633. The van der Waals surface area contributed by atoms with Gasteiger partial charge in [0.25, 0.3) is 0 Å². The van der Waals surface area contributed by atoms with Gasteiger partial charge < -0.3 is 10.2 Å². The van der Waals surface area contributed by atoms with Crippen LogP contribution in [0, 0.1) is 0 Å². The molecular weight excluding hydrogens is 298 g/mol.